The zero-order chi connectivity index (χ0) is 14.6. The third-order valence-corrected chi connectivity index (χ3v) is 2.63. The van der Waals surface area contributed by atoms with Gasteiger partial charge in [0.05, 0.1) is 0 Å². The van der Waals surface area contributed by atoms with Crippen LogP contribution in [0.4, 0.5) is 0 Å². The molecule has 0 spiro atoms. The lowest BCUT2D eigenvalue weighted by Crippen LogP contribution is -1.95. The molecule has 0 amide bonds. The van der Waals surface area contributed by atoms with Crippen molar-refractivity contribution in [2.45, 2.75) is 60.0 Å². The average Bonchev–Trinajstić information content (AvgIpc) is 2.41. The Morgan fingerprint density at radius 3 is 2.22 bits per heavy atom. The van der Waals surface area contributed by atoms with Crippen LogP contribution in [0.2, 0.25) is 0 Å². The van der Waals surface area contributed by atoms with Gasteiger partial charge in [0, 0.05) is 6.42 Å². The predicted molar refractivity (Wildman–Crippen MR) is 86.3 cm³/mol. The van der Waals surface area contributed by atoms with Gasteiger partial charge in [-0.15, -0.1) is 9.24 Å². The molecule has 104 valence electrons. The lowest BCUT2D eigenvalue weighted by atomic mass is 10.0. The van der Waals surface area contributed by atoms with Gasteiger partial charge >= 0.3 is 0 Å². The second-order valence-corrected chi connectivity index (χ2v) is 4.74. The summed E-state index contributed by atoms with van der Waals surface area (Å²) in [5, 5.41) is 0. The highest BCUT2D eigenvalue weighted by atomic mass is 31.0. The molecule has 2 unspecified atom stereocenters. The van der Waals surface area contributed by atoms with Crippen LogP contribution in [0.15, 0.2) is 24.3 Å². The van der Waals surface area contributed by atoms with Gasteiger partial charge in [-0.2, -0.15) is 0 Å². The van der Waals surface area contributed by atoms with Crippen molar-refractivity contribution in [3.05, 3.63) is 35.4 Å². The van der Waals surface area contributed by atoms with Crippen molar-refractivity contribution < 1.29 is 4.79 Å². The molecule has 2 heteroatoms. The maximum absolute atomic E-state index is 10.8. The lowest BCUT2D eigenvalue weighted by molar-refractivity contribution is -0.116. The highest BCUT2D eigenvalue weighted by Crippen LogP contribution is 2.22. The standard InChI is InChI=1S/C12H17OP.2C2H6/c1-9(13)6-7-11-4-3-5-12(8-11)10(2)14;2*1-2/h3-5,8,10H,6-7,14H2,1-2H3;2*1-2H3. The minimum Gasteiger partial charge on any atom is -0.300 e. The van der Waals surface area contributed by atoms with E-state index in [2.05, 4.69) is 40.4 Å². The number of carbonyl (C=O) groups excluding carboxylic acids is 1. The summed E-state index contributed by atoms with van der Waals surface area (Å²) in [7, 11) is 2.78. The molecule has 0 aromatic heterocycles. The van der Waals surface area contributed by atoms with Gasteiger partial charge in [-0.3, -0.25) is 0 Å². The first-order valence-electron chi connectivity index (χ1n) is 6.93. The summed E-state index contributed by atoms with van der Waals surface area (Å²) in [6.45, 7) is 11.8. The fourth-order valence-corrected chi connectivity index (χ4v) is 1.56. The Balaban J connectivity index is 0. The zero-order valence-corrected chi connectivity index (χ0v) is 13.9. The minimum atomic E-state index is 0.259. The molecule has 0 bridgehead atoms. The van der Waals surface area contributed by atoms with Gasteiger partial charge in [-0.25, -0.2) is 0 Å². The monoisotopic (exact) mass is 268 g/mol. The maximum atomic E-state index is 10.8. The Morgan fingerprint density at radius 2 is 1.78 bits per heavy atom. The molecule has 0 saturated heterocycles. The Hall–Kier alpha value is -0.680. The Kier molecular flexibility index (Phi) is 13.9. The smallest absolute Gasteiger partial charge is 0.130 e. The van der Waals surface area contributed by atoms with Crippen LogP contribution >= 0.6 is 9.24 Å². The first-order chi connectivity index (χ1) is 8.59. The summed E-state index contributed by atoms with van der Waals surface area (Å²) < 4.78 is 0. The van der Waals surface area contributed by atoms with E-state index in [1.54, 1.807) is 6.92 Å². The topological polar surface area (TPSA) is 17.1 Å². The van der Waals surface area contributed by atoms with Gasteiger partial charge in [0.25, 0.3) is 0 Å². The van der Waals surface area contributed by atoms with Gasteiger partial charge in [-0.05, 0) is 30.1 Å². The molecule has 1 aromatic rings. The molecular formula is C16H29OP. The second-order valence-electron chi connectivity index (χ2n) is 3.74. The normalized spacial score (nSPS) is 10.4. The summed E-state index contributed by atoms with van der Waals surface area (Å²) in [6.07, 6.45) is 1.51. The van der Waals surface area contributed by atoms with Crippen molar-refractivity contribution in [1.29, 1.82) is 0 Å². The Morgan fingerprint density at radius 1 is 1.22 bits per heavy atom. The number of rotatable bonds is 4. The van der Waals surface area contributed by atoms with Gasteiger partial charge < -0.3 is 4.79 Å². The number of Topliss-reactive ketones (excluding diaryl/α,β-unsaturated/α-hetero) is 1. The van der Waals surface area contributed by atoms with Gasteiger partial charge in [-0.1, -0.05) is 58.9 Å². The number of benzene rings is 1. The van der Waals surface area contributed by atoms with Crippen LogP contribution in [0.25, 0.3) is 0 Å². The number of ketones is 1. The molecule has 0 saturated carbocycles. The third-order valence-electron chi connectivity index (χ3n) is 2.24. The fraction of sp³-hybridized carbons (Fsp3) is 0.562. The second kappa shape index (κ2) is 12.8. The molecule has 0 N–H and O–H groups in total. The SMILES string of the molecule is CC.CC.CC(=O)CCc1cccc(C(C)P)c1. The van der Waals surface area contributed by atoms with E-state index in [9.17, 15) is 4.79 Å². The third kappa shape index (κ3) is 9.36. The summed E-state index contributed by atoms with van der Waals surface area (Å²) in [4.78, 5) is 10.8. The molecule has 0 aliphatic heterocycles. The van der Waals surface area contributed by atoms with Crippen LogP contribution < -0.4 is 0 Å². The molecule has 0 radical (unpaired) electrons. The molecule has 1 rings (SSSR count). The first kappa shape index (κ1) is 19.7. The highest BCUT2D eigenvalue weighted by Gasteiger charge is 2.01. The van der Waals surface area contributed by atoms with Crippen molar-refractivity contribution in [2.24, 2.45) is 0 Å². The highest BCUT2D eigenvalue weighted by molar-refractivity contribution is 7.17. The van der Waals surface area contributed by atoms with Crippen LogP contribution in [0.3, 0.4) is 0 Å². The summed E-state index contributed by atoms with van der Waals surface area (Å²) >= 11 is 0. The van der Waals surface area contributed by atoms with Crippen molar-refractivity contribution in [3.8, 4) is 0 Å². The molecular weight excluding hydrogens is 239 g/mol. The number of hydrogen-bond donors (Lipinski definition) is 0. The molecule has 0 aliphatic carbocycles. The quantitative estimate of drug-likeness (QED) is 0.686. The van der Waals surface area contributed by atoms with E-state index in [0.717, 1.165) is 6.42 Å². The fourth-order valence-electron chi connectivity index (χ4n) is 1.35. The predicted octanol–water partition coefficient (Wildman–Crippen LogP) is 5.20. The van der Waals surface area contributed by atoms with Gasteiger partial charge in [0.2, 0.25) is 0 Å². The van der Waals surface area contributed by atoms with Crippen molar-refractivity contribution >= 4 is 15.0 Å². The van der Waals surface area contributed by atoms with Crippen molar-refractivity contribution in [2.75, 3.05) is 0 Å². The molecule has 1 aromatic carbocycles. The summed E-state index contributed by atoms with van der Waals surface area (Å²) in [6, 6.07) is 8.44. The van der Waals surface area contributed by atoms with E-state index < -0.39 is 0 Å². The van der Waals surface area contributed by atoms with E-state index >= 15 is 0 Å². The van der Waals surface area contributed by atoms with Gasteiger partial charge in [0.15, 0.2) is 0 Å². The Labute approximate surface area is 116 Å². The Bertz CT molecular complexity index is 319. The largest absolute Gasteiger partial charge is 0.300 e. The van der Waals surface area contributed by atoms with Crippen molar-refractivity contribution in [1.82, 2.24) is 0 Å². The number of carbonyl (C=O) groups is 1. The van der Waals surface area contributed by atoms with Gasteiger partial charge in [0.1, 0.15) is 5.78 Å². The molecule has 0 fully saturated rings. The van der Waals surface area contributed by atoms with Crippen LogP contribution in [-0.4, -0.2) is 5.78 Å². The van der Waals surface area contributed by atoms with Crippen LogP contribution in [-0.2, 0) is 11.2 Å². The van der Waals surface area contributed by atoms with E-state index in [-0.39, 0.29) is 5.78 Å². The van der Waals surface area contributed by atoms with Crippen molar-refractivity contribution in [3.63, 3.8) is 0 Å². The lowest BCUT2D eigenvalue weighted by Gasteiger charge is -2.07. The number of hydrogen-bond acceptors (Lipinski definition) is 1. The molecule has 18 heavy (non-hydrogen) atoms. The summed E-state index contributed by atoms with van der Waals surface area (Å²) in [5.41, 5.74) is 3.05. The molecule has 1 nitrogen and oxygen atoms in total. The molecule has 2 atom stereocenters. The first-order valence-corrected chi connectivity index (χ1v) is 7.60. The van der Waals surface area contributed by atoms with E-state index in [4.69, 9.17) is 0 Å². The van der Waals surface area contributed by atoms with Crippen LogP contribution in [0, 0.1) is 0 Å². The van der Waals surface area contributed by atoms with Crippen LogP contribution in [0.1, 0.15) is 64.7 Å². The number of aryl methyl sites for hydroxylation is 1. The molecule has 0 heterocycles. The van der Waals surface area contributed by atoms with E-state index in [0.29, 0.717) is 12.1 Å². The zero-order valence-electron chi connectivity index (χ0n) is 12.8. The van der Waals surface area contributed by atoms with E-state index in [1.165, 1.54) is 11.1 Å². The molecule has 0 aliphatic rings. The average molecular weight is 268 g/mol. The van der Waals surface area contributed by atoms with Crippen LogP contribution in [0.5, 0.6) is 0 Å². The minimum absolute atomic E-state index is 0.259. The van der Waals surface area contributed by atoms with E-state index in [1.807, 2.05) is 27.7 Å². The maximum Gasteiger partial charge on any atom is 0.130 e. The summed E-state index contributed by atoms with van der Waals surface area (Å²) in [5.74, 6) is 0.259.